The van der Waals surface area contributed by atoms with Crippen LogP contribution in [0.2, 0.25) is 0 Å². The molecule has 6 heteroatoms. The molecular weight excluding hydrogens is 362 g/mol. The second-order valence-electron chi connectivity index (χ2n) is 8.20. The van der Waals surface area contributed by atoms with Crippen LogP contribution in [0.3, 0.4) is 0 Å². The van der Waals surface area contributed by atoms with Crippen molar-refractivity contribution >= 4 is 22.8 Å². The normalized spacial score (nSPS) is 16.9. The molecule has 0 N–H and O–H groups in total. The standard InChI is InChI=1S/C23H29N5O/c1-16-19-21(26(2)20(16)17-8-10-18(29-3)11-9-17)24-23(28-14-6-7-15-28)25-22(19)27-12-4-5-13-27/h8-11H,4-7,12-15H2,1-3H3. The van der Waals surface area contributed by atoms with E-state index in [4.69, 9.17) is 14.7 Å². The average Bonchev–Trinajstić information content (AvgIpc) is 3.50. The van der Waals surface area contributed by atoms with Crippen LogP contribution < -0.4 is 14.5 Å². The highest BCUT2D eigenvalue weighted by atomic mass is 16.5. The molecule has 1 aromatic carbocycles. The molecule has 0 aliphatic carbocycles. The predicted molar refractivity (Wildman–Crippen MR) is 118 cm³/mol. The molecule has 6 nitrogen and oxygen atoms in total. The summed E-state index contributed by atoms with van der Waals surface area (Å²) in [6.45, 7) is 6.48. The number of fused-ring (bicyclic) bond motifs is 1. The lowest BCUT2D eigenvalue weighted by molar-refractivity contribution is 0.415. The molecule has 3 aromatic rings. The summed E-state index contributed by atoms with van der Waals surface area (Å²) in [7, 11) is 3.83. The van der Waals surface area contributed by atoms with Gasteiger partial charge in [-0.25, -0.2) is 0 Å². The van der Waals surface area contributed by atoms with Crippen LogP contribution in [0.1, 0.15) is 31.2 Å². The van der Waals surface area contributed by atoms with Gasteiger partial charge in [0.05, 0.1) is 18.2 Å². The summed E-state index contributed by atoms with van der Waals surface area (Å²) in [5, 5.41) is 1.20. The number of benzene rings is 1. The summed E-state index contributed by atoms with van der Waals surface area (Å²) in [6.07, 6.45) is 4.93. The van der Waals surface area contributed by atoms with Crippen LogP contribution in [0.5, 0.6) is 5.75 Å². The van der Waals surface area contributed by atoms with Crippen LogP contribution >= 0.6 is 0 Å². The van der Waals surface area contributed by atoms with E-state index in [1.165, 1.54) is 47.9 Å². The summed E-state index contributed by atoms with van der Waals surface area (Å²) < 4.78 is 7.59. The molecule has 152 valence electrons. The highest BCUT2D eigenvalue weighted by molar-refractivity contribution is 5.97. The maximum atomic E-state index is 5.34. The largest absolute Gasteiger partial charge is 0.497 e. The molecule has 2 saturated heterocycles. The molecule has 4 heterocycles. The minimum Gasteiger partial charge on any atom is -0.497 e. The van der Waals surface area contributed by atoms with Gasteiger partial charge in [0.25, 0.3) is 0 Å². The molecule has 2 fully saturated rings. The van der Waals surface area contributed by atoms with Crippen molar-refractivity contribution in [2.45, 2.75) is 32.6 Å². The lowest BCUT2D eigenvalue weighted by atomic mass is 10.1. The first-order chi connectivity index (χ1) is 14.2. The monoisotopic (exact) mass is 391 g/mol. The van der Waals surface area contributed by atoms with E-state index in [9.17, 15) is 0 Å². The summed E-state index contributed by atoms with van der Waals surface area (Å²) >= 11 is 0. The average molecular weight is 392 g/mol. The zero-order valence-corrected chi connectivity index (χ0v) is 17.6. The molecule has 0 bridgehead atoms. The Balaban J connectivity index is 1.72. The second-order valence-corrected chi connectivity index (χ2v) is 8.20. The van der Waals surface area contributed by atoms with Gasteiger partial charge in [0.2, 0.25) is 5.95 Å². The minimum absolute atomic E-state index is 0.874. The van der Waals surface area contributed by atoms with Crippen molar-refractivity contribution in [2.75, 3.05) is 43.1 Å². The van der Waals surface area contributed by atoms with Crippen LogP contribution in [-0.2, 0) is 7.05 Å². The fraction of sp³-hybridized carbons (Fsp3) is 0.478. The van der Waals surface area contributed by atoms with Crippen molar-refractivity contribution < 1.29 is 4.74 Å². The maximum absolute atomic E-state index is 5.34. The first kappa shape index (κ1) is 18.3. The summed E-state index contributed by atoms with van der Waals surface area (Å²) in [6, 6.07) is 8.30. The fourth-order valence-electron chi connectivity index (χ4n) is 4.86. The first-order valence-corrected chi connectivity index (χ1v) is 10.7. The molecule has 0 spiro atoms. The van der Waals surface area contributed by atoms with Crippen LogP contribution in [0, 0.1) is 6.92 Å². The SMILES string of the molecule is COc1ccc(-c2c(C)c3c(N4CCCC4)nc(N4CCCC4)nc3n2C)cc1. The van der Waals surface area contributed by atoms with E-state index < -0.39 is 0 Å². The highest BCUT2D eigenvalue weighted by Gasteiger charge is 2.26. The highest BCUT2D eigenvalue weighted by Crippen LogP contribution is 2.39. The summed E-state index contributed by atoms with van der Waals surface area (Å²) in [5.74, 6) is 2.88. The Morgan fingerprint density at radius 2 is 1.48 bits per heavy atom. The van der Waals surface area contributed by atoms with Crippen LogP contribution in [0.25, 0.3) is 22.3 Å². The van der Waals surface area contributed by atoms with E-state index in [0.29, 0.717) is 0 Å². The van der Waals surface area contributed by atoms with Gasteiger partial charge in [-0.05, 0) is 68.0 Å². The lowest BCUT2D eigenvalue weighted by Crippen LogP contribution is -2.24. The van der Waals surface area contributed by atoms with Gasteiger partial charge in [0.15, 0.2) is 0 Å². The van der Waals surface area contributed by atoms with Crippen molar-refractivity contribution in [3.63, 3.8) is 0 Å². The predicted octanol–water partition coefficient (Wildman–Crippen LogP) is 4.15. The van der Waals surface area contributed by atoms with E-state index in [2.05, 4.69) is 40.5 Å². The molecule has 2 aliphatic heterocycles. The van der Waals surface area contributed by atoms with Crippen LogP contribution in [-0.4, -0.2) is 47.8 Å². The lowest BCUT2D eigenvalue weighted by Gasteiger charge is -2.22. The van der Waals surface area contributed by atoms with E-state index in [1.807, 2.05) is 12.1 Å². The Hall–Kier alpha value is -2.76. The number of methoxy groups -OCH3 is 1. The Morgan fingerprint density at radius 3 is 2.10 bits per heavy atom. The van der Waals surface area contributed by atoms with Crippen molar-refractivity contribution in [1.82, 2.24) is 14.5 Å². The Labute approximate surface area is 172 Å². The van der Waals surface area contributed by atoms with Gasteiger partial charge >= 0.3 is 0 Å². The third-order valence-electron chi connectivity index (χ3n) is 6.40. The van der Waals surface area contributed by atoms with Crippen molar-refractivity contribution in [3.05, 3.63) is 29.8 Å². The third-order valence-corrected chi connectivity index (χ3v) is 6.40. The minimum atomic E-state index is 0.874. The van der Waals surface area contributed by atoms with Crippen LogP contribution in [0.4, 0.5) is 11.8 Å². The van der Waals surface area contributed by atoms with Gasteiger partial charge in [-0.3, -0.25) is 0 Å². The fourth-order valence-corrected chi connectivity index (χ4v) is 4.86. The molecule has 0 amide bonds. The molecule has 5 rings (SSSR count). The molecule has 0 saturated carbocycles. The van der Waals surface area contributed by atoms with Gasteiger partial charge < -0.3 is 19.1 Å². The van der Waals surface area contributed by atoms with Crippen molar-refractivity contribution in [3.8, 4) is 17.0 Å². The molecule has 0 radical (unpaired) electrons. The Morgan fingerprint density at radius 1 is 0.862 bits per heavy atom. The smallest absolute Gasteiger partial charge is 0.229 e. The zero-order valence-electron chi connectivity index (χ0n) is 17.6. The molecule has 0 unspecified atom stereocenters. The van der Waals surface area contributed by atoms with Crippen molar-refractivity contribution in [2.24, 2.45) is 7.05 Å². The number of nitrogens with zero attached hydrogens (tertiary/aromatic N) is 5. The maximum Gasteiger partial charge on any atom is 0.229 e. The molecule has 2 aliphatic rings. The van der Waals surface area contributed by atoms with Crippen LogP contribution in [0.15, 0.2) is 24.3 Å². The van der Waals surface area contributed by atoms with Gasteiger partial charge in [-0.15, -0.1) is 0 Å². The first-order valence-electron chi connectivity index (χ1n) is 10.7. The van der Waals surface area contributed by atoms with Crippen molar-refractivity contribution in [1.29, 1.82) is 0 Å². The number of rotatable bonds is 4. The number of ether oxygens (including phenoxy) is 1. The molecular formula is C23H29N5O. The summed E-state index contributed by atoms with van der Waals surface area (Å²) in [5.41, 5.74) is 4.67. The van der Waals surface area contributed by atoms with Gasteiger partial charge in [0, 0.05) is 33.2 Å². The summed E-state index contributed by atoms with van der Waals surface area (Å²) in [4.78, 5) is 15.0. The third kappa shape index (κ3) is 3.02. The zero-order chi connectivity index (χ0) is 20.0. The van der Waals surface area contributed by atoms with Gasteiger partial charge in [-0.2, -0.15) is 9.97 Å². The molecule has 0 atom stereocenters. The molecule has 2 aromatic heterocycles. The van der Waals surface area contributed by atoms with Gasteiger partial charge in [-0.1, -0.05) is 0 Å². The topological polar surface area (TPSA) is 46.4 Å². The van der Waals surface area contributed by atoms with E-state index >= 15 is 0 Å². The van der Waals surface area contributed by atoms with E-state index in [0.717, 1.165) is 49.3 Å². The quantitative estimate of drug-likeness (QED) is 0.668. The number of aromatic nitrogens is 3. The number of hydrogen-bond acceptors (Lipinski definition) is 5. The van der Waals surface area contributed by atoms with E-state index in [1.54, 1.807) is 7.11 Å². The second kappa shape index (κ2) is 7.25. The number of aryl methyl sites for hydroxylation is 2. The number of anilines is 2. The van der Waals surface area contributed by atoms with E-state index in [-0.39, 0.29) is 0 Å². The molecule has 29 heavy (non-hydrogen) atoms. The van der Waals surface area contributed by atoms with Gasteiger partial charge in [0.1, 0.15) is 17.2 Å². The Bertz CT molecular complexity index is 1030. The number of hydrogen-bond donors (Lipinski definition) is 0. The Kier molecular flexibility index (Phi) is 4.57.